The number of amides is 1. The number of benzene rings is 3. The van der Waals surface area contributed by atoms with Crippen molar-refractivity contribution in [2.75, 3.05) is 0 Å². The summed E-state index contributed by atoms with van der Waals surface area (Å²) in [4.78, 5) is 13.0. The lowest BCUT2D eigenvalue weighted by atomic mass is 10.1. The average Bonchev–Trinajstić information content (AvgIpc) is 3.31. The highest BCUT2D eigenvalue weighted by Gasteiger charge is 2.21. The highest BCUT2D eigenvalue weighted by Crippen LogP contribution is 2.28. The number of carbonyl (C=O) groups is 1. The van der Waals surface area contributed by atoms with Gasteiger partial charge in [-0.25, -0.2) is 0 Å². The van der Waals surface area contributed by atoms with Crippen molar-refractivity contribution in [3.8, 4) is 5.69 Å². The Morgan fingerprint density at radius 3 is 2.34 bits per heavy atom. The molecule has 0 aliphatic carbocycles. The zero-order chi connectivity index (χ0) is 24.6. The second kappa shape index (κ2) is 11.8. The summed E-state index contributed by atoms with van der Waals surface area (Å²) in [6.07, 6.45) is 3.35. The first kappa shape index (κ1) is 24.7. The lowest BCUT2D eigenvalue weighted by Crippen LogP contribution is -2.28. The van der Waals surface area contributed by atoms with Crippen molar-refractivity contribution in [3.63, 3.8) is 0 Å². The normalized spacial score (nSPS) is 11.9. The van der Waals surface area contributed by atoms with Crippen LogP contribution in [0.1, 0.15) is 65.6 Å². The van der Waals surface area contributed by atoms with E-state index in [-0.39, 0.29) is 11.9 Å². The summed E-state index contributed by atoms with van der Waals surface area (Å²) >= 11 is 1.64. The first-order valence-electron chi connectivity index (χ1n) is 12.1. The van der Waals surface area contributed by atoms with E-state index in [1.165, 1.54) is 16.7 Å². The maximum absolute atomic E-state index is 13.0. The topological polar surface area (TPSA) is 59.8 Å². The lowest BCUT2D eigenvalue weighted by Gasteiger charge is -2.17. The molecular formula is C29H32N4OS. The third-order valence-electron chi connectivity index (χ3n) is 5.93. The fourth-order valence-corrected chi connectivity index (χ4v) is 4.78. The van der Waals surface area contributed by atoms with E-state index in [2.05, 4.69) is 65.8 Å². The van der Waals surface area contributed by atoms with Gasteiger partial charge in [0.1, 0.15) is 0 Å². The Labute approximate surface area is 212 Å². The minimum atomic E-state index is -0.317. The van der Waals surface area contributed by atoms with Crippen molar-refractivity contribution in [1.29, 1.82) is 0 Å². The molecule has 1 N–H and O–H groups in total. The van der Waals surface area contributed by atoms with E-state index in [4.69, 9.17) is 0 Å². The van der Waals surface area contributed by atoms with Gasteiger partial charge < -0.3 is 5.32 Å². The number of hydrogen-bond acceptors (Lipinski definition) is 4. The summed E-state index contributed by atoms with van der Waals surface area (Å²) in [5, 5.41) is 12.9. The molecule has 1 aromatic heterocycles. The molecule has 6 heteroatoms. The van der Waals surface area contributed by atoms with Crippen LogP contribution in [-0.2, 0) is 12.2 Å². The number of thioether (sulfide) groups is 1. The van der Waals surface area contributed by atoms with Gasteiger partial charge in [0.2, 0.25) is 0 Å². The van der Waals surface area contributed by atoms with Crippen LogP contribution in [0.25, 0.3) is 5.69 Å². The number of carbonyl (C=O) groups excluding carboxylic acids is 1. The molecule has 3 aromatic carbocycles. The van der Waals surface area contributed by atoms with Gasteiger partial charge in [-0.1, -0.05) is 85.3 Å². The van der Waals surface area contributed by atoms with E-state index in [0.29, 0.717) is 11.4 Å². The quantitative estimate of drug-likeness (QED) is 0.254. The molecule has 0 radical (unpaired) electrons. The van der Waals surface area contributed by atoms with Crippen LogP contribution in [0.15, 0.2) is 84.0 Å². The molecule has 1 atom stereocenters. The van der Waals surface area contributed by atoms with Gasteiger partial charge in [0, 0.05) is 17.0 Å². The largest absolute Gasteiger partial charge is 0.342 e. The van der Waals surface area contributed by atoms with Crippen LogP contribution >= 0.6 is 11.8 Å². The van der Waals surface area contributed by atoms with Crippen LogP contribution in [0.2, 0.25) is 0 Å². The summed E-state index contributed by atoms with van der Waals surface area (Å²) in [5.74, 6) is 1.38. The zero-order valence-electron chi connectivity index (χ0n) is 20.6. The fraction of sp³-hybridized carbons (Fsp3) is 0.276. The summed E-state index contributed by atoms with van der Waals surface area (Å²) in [7, 11) is 0. The number of nitrogens with one attached hydrogen (secondary N) is 1. The summed E-state index contributed by atoms with van der Waals surface area (Å²) in [5.41, 5.74) is 5.30. The van der Waals surface area contributed by atoms with Crippen molar-refractivity contribution >= 4 is 17.7 Å². The molecule has 0 spiro atoms. The number of aromatic nitrogens is 3. The van der Waals surface area contributed by atoms with E-state index < -0.39 is 0 Å². The van der Waals surface area contributed by atoms with Gasteiger partial charge in [-0.2, -0.15) is 0 Å². The predicted molar refractivity (Wildman–Crippen MR) is 143 cm³/mol. The van der Waals surface area contributed by atoms with Crippen molar-refractivity contribution in [3.05, 3.63) is 107 Å². The van der Waals surface area contributed by atoms with E-state index in [9.17, 15) is 4.79 Å². The van der Waals surface area contributed by atoms with Crippen LogP contribution in [-0.4, -0.2) is 20.7 Å². The van der Waals surface area contributed by atoms with Gasteiger partial charge >= 0.3 is 0 Å². The lowest BCUT2D eigenvalue weighted by molar-refractivity contribution is 0.0938. The second-order valence-electron chi connectivity index (χ2n) is 8.78. The maximum Gasteiger partial charge on any atom is 0.251 e. The highest BCUT2D eigenvalue weighted by atomic mass is 32.2. The number of rotatable bonds is 10. The van der Waals surface area contributed by atoms with E-state index in [1.807, 2.05) is 54.0 Å². The van der Waals surface area contributed by atoms with Crippen LogP contribution in [0.3, 0.4) is 0 Å². The molecule has 4 rings (SSSR count). The minimum absolute atomic E-state index is 0.114. The van der Waals surface area contributed by atoms with Gasteiger partial charge in [-0.15, -0.1) is 10.2 Å². The number of unbranched alkanes of at least 4 members (excludes halogenated alkanes) is 1. The minimum Gasteiger partial charge on any atom is -0.342 e. The van der Waals surface area contributed by atoms with Crippen molar-refractivity contribution in [2.24, 2.45) is 0 Å². The first-order valence-corrected chi connectivity index (χ1v) is 13.1. The molecule has 1 amide bonds. The zero-order valence-corrected chi connectivity index (χ0v) is 21.4. The Hall–Kier alpha value is -3.38. The first-order chi connectivity index (χ1) is 17.0. The van der Waals surface area contributed by atoms with Crippen LogP contribution in [0, 0.1) is 6.92 Å². The molecule has 0 aliphatic heterocycles. The Morgan fingerprint density at radius 1 is 0.943 bits per heavy atom. The third-order valence-corrected chi connectivity index (χ3v) is 6.93. The molecule has 35 heavy (non-hydrogen) atoms. The molecule has 1 heterocycles. The van der Waals surface area contributed by atoms with E-state index in [0.717, 1.165) is 35.9 Å². The molecule has 0 saturated heterocycles. The van der Waals surface area contributed by atoms with Gasteiger partial charge in [0.15, 0.2) is 11.0 Å². The number of aryl methyl sites for hydroxylation is 2. The maximum atomic E-state index is 13.0. The van der Waals surface area contributed by atoms with Crippen LogP contribution in [0.4, 0.5) is 0 Å². The molecule has 0 aliphatic rings. The Bertz CT molecular complexity index is 1230. The van der Waals surface area contributed by atoms with Gasteiger partial charge in [0.25, 0.3) is 5.91 Å². The highest BCUT2D eigenvalue weighted by molar-refractivity contribution is 7.98. The molecule has 0 saturated carbocycles. The van der Waals surface area contributed by atoms with Gasteiger partial charge in [-0.3, -0.25) is 9.36 Å². The molecular weight excluding hydrogens is 452 g/mol. The average molecular weight is 485 g/mol. The molecule has 0 fully saturated rings. The third kappa shape index (κ3) is 6.40. The molecule has 1 unspecified atom stereocenters. The SMILES string of the molecule is CCCCc1ccc(C(=O)NC(C)c2nnc(SCc3ccccc3)n2-c2ccc(C)cc2)cc1. The monoisotopic (exact) mass is 484 g/mol. The molecule has 4 aromatic rings. The van der Waals surface area contributed by atoms with Crippen LogP contribution in [0.5, 0.6) is 0 Å². The summed E-state index contributed by atoms with van der Waals surface area (Å²) < 4.78 is 2.05. The van der Waals surface area contributed by atoms with Crippen molar-refractivity contribution in [2.45, 2.75) is 57.0 Å². The molecule has 180 valence electrons. The standard InChI is InChI=1S/C29H32N4OS/c1-4-5-9-23-14-16-25(17-15-23)28(34)30-22(3)27-31-32-29(35-20-24-10-7-6-8-11-24)33(27)26-18-12-21(2)13-19-26/h6-8,10-19,22H,4-5,9,20H2,1-3H3,(H,30,34). The summed E-state index contributed by atoms with van der Waals surface area (Å²) in [6, 6.07) is 26.2. The molecule has 5 nitrogen and oxygen atoms in total. The number of nitrogens with zero attached hydrogens (tertiary/aromatic N) is 3. The Morgan fingerprint density at radius 2 is 1.66 bits per heavy atom. The van der Waals surface area contributed by atoms with Crippen LogP contribution < -0.4 is 5.32 Å². The smallest absolute Gasteiger partial charge is 0.251 e. The Kier molecular flexibility index (Phi) is 8.37. The number of hydrogen-bond donors (Lipinski definition) is 1. The van der Waals surface area contributed by atoms with E-state index >= 15 is 0 Å². The predicted octanol–water partition coefficient (Wildman–Crippen LogP) is 6.70. The van der Waals surface area contributed by atoms with E-state index in [1.54, 1.807) is 11.8 Å². The Balaban J connectivity index is 1.55. The summed E-state index contributed by atoms with van der Waals surface area (Å²) in [6.45, 7) is 6.20. The fourth-order valence-electron chi connectivity index (χ4n) is 3.86. The second-order valence-corrected chi connectivity index (χ2v) is 9.72. The molecule has 0 bridgehead atoms. The van der Waals surface area contributed by atoms with Gasteiger partial charge in [0.05, 0.1) is 6.04 Å². The van der Waals surface area contributed by atoms with Gasteiger partial charge in [-0.05, 0) is 62.1 Å². The van der Waals surface area contributed by atoms with Crippen molar-refractivity contribution < 1.29 is 4.79 Å². The van der Waals surface area contributed by atoms with Crippen molar-refractivity contribution in [1.82, 2.24) is 20.1 Å².